The quantitative estimate of drug-likeness (QED) is 0.856. The van der Waals surface area contributed by atoms with Gasteiger partial charge < -0.3 is 25.1 Å². The molecule has 0 saturated carbocycles. The highest BCUT2D eigenvalue weighted by molar-refractivity contribution is 5.74. The first kappa shape index (κ1) is 17.9. The number of amides is 2. The number of benzene rings is 1. The summed E-state index contributed by atoms with van der Waals surface area (Å²) in [6, 6.07) is 7.43. The monoisotopic (exact) mass is 346 g/mol. The zero-order valence-electron chi connectivity index (χ0n) is 15.2. The predicted molar refractivity (Wildman–Crippen MR) is 100 cm³/mol. The second-order valence-corrected chi connectivity index (χ2v) is 7.10. The van der Waals surface area contributed by atoms with Crippen molar-refractivity contribution >= 4 is 11.7 Å². The zero-order chi connectivity index (χ0) is 17.6. The van der Waals surface area contributed by atoms with Crippen molar-refractivity contribution in [1.82, 2.24) is 15.1 Å². The largest absolute Gasteiger partial charge is 0.506 e. The number of hydrogen-bond donors (Lipinski definition) is 2. The number of nitrogens with one attached hydrogen (secondary N) is 1. The van der Waals surface area contributed by atoms with E-state index in [1.165, 1.54) is 19.4 Å². The smallest absolute Gasteiger partial charge is 0.317 e. The van der Waals surface area contributed by atoms with Gasteiger partial charge in [-0.1, -0.05) is 19.1 Å². The minimum absolute atomic E-state index is 0.0471. The summed E-state index contributed by atoms with van der Waals surface area (Å²) in [4.78, 5) is 18.9. The fourth-order valence-electron chi connectivity index (χ4n) is 3.82. The van der Waals surface area contributed by atoms with E-state index in [0.29, 0.717) is 24.8 Å². The minimum Gasteiger partial charge on any atom is -0.506 e. The lowest BCUT2D eigenvalue weighted by Gasteiger charge is -2.36. The van der Waals surface area contributed by atoms with Gasteiger partial charge in [-0.2, -0.15) is 0 Å². The molecule has 2 aliphatic heterocycles. The molecule has 2 N–H and O–H groups in total. The zero-order valence-corrected chi connectivity index (χ0v) is 15.2. The SMILES string of the molecule is CCCN1CCC(CNC(=O)N2CCN(c3ccccc3O)CC2)C1. The van der Waals surface area contributed by atoms with Gasteiger partial charge in [0.05, 0.1) is 5.69 Å². The van der Waals surface area contributed by atoms with Crippen LogP contribution >= 0.6 is 0 Å². The number of carbonyl (C=O) groups excluding carboxylic acids is 1. The van der Waals surface area contributed by atoms with E-state index >= 15 is 0 Å². The van der Waals surface area contributed by atoms with Crippen LogP contribution in [-0.2, 0) is 0 Å². The van der Waals surface area contributed by atoms with Crippen molar-refractivity contribution in [1.29, 1.82) is 0 Å². The Morgan fingerprint density at radius 2 is 1.96 bits per heavy atom. The van der Waals surface area contributed by atoms with Gasteiger partial charge in [0.2, 0.25) is 0 Å². The van der Waals surface area contributed by atoms with Crippen LogP contribution in [0.3, 0.4) is 0 Å². The van der Waals surface area contributed by atoms with E-state index in [-0.39, 0.29) is 6.03 Å². The molecule has 2 heterocycles. The molecule has 2 amide bonds. The summed E-state index contributed by atoms with van der Waals surface area (Å²) in [6.07, 6.45) is 2.38. The number of phenolic OH excluding ortho intramolecular Hbond substituents is 1. The topological polar surface area (TPSA) is 59.1 Å². The molecule has 1 aromatic carbocycles. The molecule has 1 unspecified atom stereocenters. The van der Waals surface area contributed by atoms with Crippen molar-refractivity contribution in [2.45, 2.75) is 19.8 Å². The Morgan fingerprint density at radius 1 is 1.20 bits per heavy atom. The summed E-state index contributed by atoms with van der Waals surface area (Å²) < 4.78 is 0. The number of hydrogen-bond acceptors (Lipinski definition) is 4. The Labute approximate surface area is 150 Å². The van der Waals surface area contributed by atoms with E-state index in [1.807, 2.05) is 23.1 Å². The van der Waals surface area contributed by atoms with Crippen LogP contribution in [0.5, 0.6) is 5.75 Å². The third-order valence-electron chi connectivity index (χ3n) is 5.24. The lowest BCUT2D eigenvalue weighted by atomic mass is 10.1. The summed E-state index contributed by atoms with van der Waals surface area (Å²) in [5.74, 6) is 0.885. The van der Waals surface area contributed by atoms with Crippen LogP contribution < -0.4 is 10.2 Å². The first-order chi connectivity index (χ1) is 12.2. The summed E-state index contributed by atoms with van der Waals surface area (Å²) in [5.41, 5.74) is 0.851. The van der Waals surface area contributed by atoms with Gasteiger partial charge in [-0.3, -0.25) is 0 Å². The number of rotatable bonds is 5. The van der Waals surface area contributed by atoms with Crippen LogP contribution in [0.15, 0.2) is 24.3 Å². The Morgan fingerprint density at radius 3 is 2.68 bits per heavy atom. The third kappa shape index (κ3) is 4.57. The second kappa shape index (κ2) is 8.43. The van der Waals surface area contributed by atoms with Crippen LogP contribution in [0.2, 0.25) is 0 Å². The molecule has 25 heavy (non-hydrogen) atoms. The van der Waals surface area contributed by atoms with Crippen LogP contribution in [0.1, 0.15) is 19.8 Å². The summed E-state index contributed by atoms with van der Waals surface area (Å²) >= 11 is 0. The highest BCUT2D eigenvalue weighted by Crippen LogP contribution is 2.27. The number of phenols is 1. The van der Waals surface area contributed by atoms with Gasteiger partial charge in [-0.25, -0.2) is 4.79 Å². The second-order valence-electron chi connectivity index (χ2n) is 7.10. The van der Waals surface area contributed by atoms with Gasteiger partial charge in [-0.15, -0.1) is 0 Å². The fraction of sp³-hybridized carbons (Fsp3) is 0.632. The molecule has 0 aromatic heterocycles. The van der Waals surface area contributed by atoms with Gasteiger partial charge in [0.25, 0.3) is 0 Å². The number of carbonyl (C=O) groups is 1. The Hall–Kier alpha value is -1.95. The summed E-state index contributed by atoms with van der Waals surface area (Å²) in [5, 5.41) is 13.1. The minimum atomic E-state index is 0.0471. The summed E-state index contributed by atoms with van der Waals surface area (Å²) in [6.45, 7) is 9.29. The number of anilines is 1. The number of urea groups is 1. The average molecular weight is 346 g/mol. The van der Waals surface area contributed by atoms with E-state index in [0.717, 1.165) is 38.4 Å². The van der Waals surface area contributed by atoms with E-state index < -0.39 is 0 Å². The van der Waals surface area contributed by atoms with E-state index in [4.69, 9.17) is 0 Å². The Balaban J connectivity index is 1.41. The summed E-state index contributed by atoms with van der Waals surface area (Å²) in [7, 11) is 0. The van der Waals surface area contributed by atoms with Crippen LogP contribution in [0.4, 0.5) is 10.5 Å². The number of aromatic hydroxyl groups is 1. The van der Waals surface area contributed by atoms with Crippen molar-refractivity contribution in [3.05, 3.63) is 24.3 Å². The molecule has 0 aliphatic carbocycles. The molecule has 138 valence electrons. The van der Waals surface area contributed by atoms with Crippen molar-refractivity contribution in [3.8, 4) is 5.75 Å². The maximum atomic E-state index is 12.4. The highest BCUT2D eigenvalue weighted by atomic mass is 16.3. The van der Waals surface area contributed by atoms with Crippen molar-refractivity contribution in [2.75, 3.05) is 57.3 Å². The molecule has 2 fully saturated rings. The molecule has 2 saturated heterocycles. The van der Waals surface area contributed by atoms with E-state index in [9.17, 15) is 9.90 Å². The molecule has 2 aliphatic rings. The van der Waals surface area contributed by atoms with Crippen molar-refractivity contribution < 1.29 is 9.90 Å². The Bertz CT molecular complexity index is 572. The molecular weight excluding hydrogens is 316 g/mol. The number of piperazine rings is 1. The predicted octanol–water partition coefficient (Wildman–Crippen LogP) is 1.96. The molecule has 6 heteroatoms. The van der Waals surface area contributed by atoms with Gasteiger partial charge in [0.15, 0.2) is 0 Å². The van der Waals surface area contributed by atoms with Gasteiger partial charge in [0.1, 0.15) is 5.75 Å². The maximum Gasteiger partial charge on any atom is 0.317 e. The van der Waals surface area contributed by atoms with E-state index in [2.05, 4.69) is 22.0 Å². The lowest BCUT2D eigenvalue weighted by Crippen LogP contribution is -2.52. The lowest BCUT2D eigenvalue weighted by molar-refractivity contribution is 0.192. The maximum absolute atomic E-state index is 12.4. The normalized spacial score (nSPS) is 21.6. The van der Waals surface area contributed by atoms with Gasteiger partial charge in [-0.05, 0) is 44.0 Å². The molecule has 0 bridgehead atoms. The average Bonchev–Trinajstić information content (AvgIpc) is 3.08. The molecule has 3 rings (SSSR count). The first-order valence-electron chi connectivity index (χ1n) is 9.45. The van der Waals surface area contributed by atoms with Gasteiger partial charge >= 0.3 is 6.03 Å². The Kier molecular flexibility index (Phi) is 6.02. The number of nitrogens with zero attached hydrogens (tertiary/aromatic N) is 3. The highest BCUT2D eigenvalue weighted by Gasteiger charge is 2.25. The van der Waals surface area contributed by atoms with Crippen LogP contribution in [-0.4, -0.2) is 73.3 Å². The van der Waals surface area contributed by atoms with E-state index in [1.54, 1.807) is 6.07 Å². The molecule has 0 spiro atoms. The van der Waals surface area contributed by atoms with Crippen LogP contribution in [0.25, 0.3) is 0 Å². The van der Waals surface area contributed by atoms with Crippen LogP contribution in [0, 0.1) is 5.92 Å². The molecule has 1 aromatic rings. The van der Waals surface area contributed by atoms with Crippen molar-refractivity contribution in [2.24, 2.45) is 5.92 Å². The number of para-hydroxylation sites is 2. The molecule has 6 nitrogen and oxygen atoms in total. The van der Waals surface area contributed by atoms with Crippen molar-refractivity contribution in [3.63, 3.8) is 0 Å². The first-order valence-corrected chi connectivity index (χ1v) is 9.45. The fourth-order valence-corrected chi connectivity index (χ4v) is 3.82. The third-order valence-corrected chi connectivity index (χ3v) is 5.24. The molecular formula is C19H30N4O2. The molecule has 0 radical (unpaired) electrons. The standard InChI is InChI=1S/C19H30N4O2/c1-2-8-21-9-7-16(15-21)14-20-19(25)23-12-10-22(11-13-23)17-5-3-4-6-18(17)24/h3-6,16,24H,2,7-15H2,1H3,(H,20,25). The van der Waals surface area contributed by atoms with Gasteiger partial charge in [0, 0.05) is 39.3 Å². The molecule has 1 atom stereocenters. The number of likely N-dealkylation sites (tertiary alicyclic amines) is 1.